The lowest BCUT2D eigenvalue weighted by Crippen LogP contribution is -2.41. The van der Waals surface area contributed by atoms with Crippen molar-refractivity contribution in [1.29, 1.82) is 0 Å². The molecule has 1 amide bonds. The van der Waals surface area contributed by atoms with Gasteiger partial charge in [-0.2, -0.15) is 0 Å². The molecule has 1 saturated carbocycles. The quantitative estimate of drug-likeness (QED) is 0.553. The summed E-state index contributed by atoms with van der Waals surface area (Å²) < 4.78 is 6.00. The lowest BCUT2D eigenvalue weighted by Gasteiger charge is -2.30. The predicted molar refractivity (Wildman–Crippen MR) is 139 cm³/mol. The molecule has 3 saturated heterocycles. The number of aryl methyl sites for hydroxylation is 2. The van der Waals surface area contributed by atoms with Crippen molar-refractivity contribution in [3.8, 4) is 11.5 Å². The number of aromatic nitrogens is 1. The average molecular weight is 479 g/mol. The molecule has 1 aliphatic carbocycles. The average Bonchev–Trinajstić information content (AvgIpc) is 3.02. The molecule has 1 aromatic carbocycles. The van der Waals surface area contributed by atoms with E-state index in [2.05, 4.69) is 34.2 Å². The van der Waals surface area contributed by atoms with Crippen molar-refractivity contribution in [2.24, 2.45) is 17.8 Å². The van der Waals surface area contributed by atoms with E-state index in [1.165, 1.54) is 44.3 Å². The summed E-state index contributed by atoms with van der Waals surface area (Å²) in [5.41, 5.74) is 3.24. The topological polar surface area (TPSA) is 61.6 Å². The number of nitrogens with zero attached hydrogens (tertiary/aromatic N) is 3. The molecule has 3 aliphatic heterocycles. The molecule has 6 rings (SSSR count). The van der Waals surface area contributed by atoms with Gasteiger partial charge in [-0.15, -0.1) is 0 Å². The Hall–Kier alpha value is -2.18. The second kappa shape index (κ2) is 11.3. The summed E-state index contributed by atoms with van der Waals surface area (Å²) in [6, 6.07) is 8.21. The lowest BCUT2D eigenvalue weighted by atomic mass is 9.84. The Balaban J connectivity index is 1.03. The van der Waals surface area contributed by atoms with E-state index in [1.54, 1.807) is 0 Å². The number of nitrogens with one attached hydrogen (secondary N) is 1. The van der Waals surface area contributed by atoms with Crippen LogP contribution >= 0.6 is 0 Å². The fraction of sp³-hybridized carbons (Fsp3) is 0.655. The highest BCUT2D eigenvalue weighted by atomic mass is 16.4. The molecule has 2 bridgehead atoms. The van der Waals surface area contributed by atoms with E-state index in [4.69, 9.17) is 9.40 Å². The molecule has 0 unspecified atom stereocenters. The van der Waals surface area contributed by atoms with Gasteiger partial charge in [0, 0.05) is 37.7 Å². The zero-order valence-electron chi connectivity index (χ0n) is 21.6. The van der Waals surface area contributed by atoms with Crippen LogP contribution in [-0.4, -0.2) is 60.0 Å². The molecule has 6 heteroatoms. The molecule has 0 atom stereocenters. The maximum Gasteiger partial charge on any atom is 0.226 e. The Labute approximate surface area is 210 Å². The third-order valence-electron chi connectivity index (χ3n) is 8.55. The van der Waals surface area contributed by atoms with Crippen LogP contribution in [0.2, 0.25) is 0 Å². The molecule has 2 aromatic rings. The number of rotatable bonds is 8. The van der Waals surface area contributed by atoms with Gasteiger partial charge in [-0.05, 0) is 102 Å². The Morgan fingerprint density at radius 1 is 1.00 bits per heavy atom. The first kappa shape index (κ1) is 24.5. The maximum atomic E-state index is 12.8. The second-order valence-electron chi connectivity index (χ2n) is 11.2. The Morgan fingerprint density at radius 3 is 2.37 bits per heavy atom. The minimum absolute atomic E-state index is 0.140. The number of amides is 1. The second-order valence-corrected chi connectivity index (χ2v) is 11.2. The SMILES string of the molecule is Cc1ccccc1-c1nc(CN2CCC(C(=O)NCCCN3CC4CCC(CC4)C3)CC2)c(C)o1. The molecular weight excluding hydrogens is 436 g/mol. The van der Waals surface area contributed by atoms with Crippen molar-refractivity contribution < 1.29 is 9.21 Å². The van der Waals surface area contributed by atoms with Crippen LogP contribution in [0.25, 0.3) is 11.5 Å². The Kier molecular flexibility index (Phi) is 7.88. The van der Waals surface area contributed by atoms with E-state index in [1.807, 2.05) is 19.1 Å². The number of piperidine rings is 1. The standard InChI is InChI=1S/C29H42N4O2/c1-21-6-3-4-7-26(21)29-31-27(22(2)35-29)20-32-16-12-25(13-17-32)28(34)30-14-5-15-33-18-23-8-9-24(19-33)11-10-23/h3-4,6-7,23-25H,5,8-20H2,1-2H3,(H,30,34). The number of benzene rings is 1. The van der Waals surface area contributed by atoms with E-state index >= 15 is 0 Å². The number of hydrogen-bond acceptors (Lipinski definition) is 5. The van der Waals surface area contributed by atoms with E-state index in [9.17, 15) is 4.79 Å². The van der Waals surface area contributed by atoms with Gasteiger partial charge in [0.1, 0.15) is 5.76 Å². The predicted octanol–water partition coefficient (Wildman–Crippen LogP) is 4.80. The first-order valence-electron chi connectivity index (χ1n) is 13.8. The van der Waals surface area contributed by atoms with E-state index in [-0.39, 0.29) is 11.8 Å². The minimum atomic E-state index is 0.140. The lowest BCUT2D eigenvalue weighted by molar-refractivity contribution is -0.126. The molecule has 4 aliphatic rings. The molecule has 0 radical (unpaired) electrons. The van der Waals surface area contributed by atoms with Crippen molar-refractivity contribution in [3.63, 3.8) is 0 Å². The molecule has 4 heterocycles. The van der Waals surface area contributed by atoms with Gasteiger partial charge in [-0.3, -0.25) is 9.69 Å². The van der Waals surface area contributed by atoms with Gasteiger partial charge >= 0.3 is 0 Å². The molecule has 4 fully saturated rings. The van der Waals surface area contributed by atoms with Gasteiger partial charge in [0.15, 0.2) is 0 Å². The van der Waals surface area contributed by atoms with Crippen molar-refractivity contribution >= 4 is 5.91 Å². The zero-order chi connectivity index (χ0) is 24.2. The van der Waals surface area contributed by atoms with Crippen LogP contribution in [0.5, 0.6) is 0 Å². The van der Waals surface area contributed by atoms with Gasteiger partial charge in [-0.25, -0.2) is 4.98 Å². The summed E-state index contributed by atoms with van der Waals surface area (Å²) in [6.07, 6.45) is 8.63. The van der Waals surface area contributed by atoms with Crippen LogP contribution in [0.4, 0.5) is 0 Å². The van der Waals surface area contributed by atoms with Crippen LogP contribution in [-0.2, 0) is 11.3 Å². The fourth-order valence-corrected chi connectivity index (χ4v) is 6.31. The molecule has 190 valence electrons. The molecular formula is C29H42N4O2. The number of oxazole rings is 1. The highest BCUT2D eigenvalue weighted by molar-refractivity contribution is 5.78. The van der Waals surface area contributed by atoms with Crippen molar-refractivity contribution in [2.75, 3.05) is 39.3 Å². The van der Waals surface area contributed by atoms with Crippen LogP contribution in [0, 0.1) is 31.6 Å². The van der Waals surface area contributed by atoms with Crippen molar-refractivity contribution in [3.05, 3.63) is 41.3 Å². The van der Waals surface area contributed by atoms with Gasteiger partial charge in [-0.1, -0.05) is 18.2 Å². The third-order valence-corrected chi connectivity index (χ3v) is 8.55. The van der Waals surface area contributed by atoms with Gasteiger partial charge in [0.05, 0.1) is 5.69 Å². The molecule has 1 aromatic heterocycles. The summed E-state index contributed by atoms with van der Waals surface area (Å²) in [6.45, 7) is 11.2. The highest BCUT2D eigenvalue weighted by Gasteiger charge is 2.29. The van der Waals surface area contributed by atoms with Crippen LogP contribution < -0.4 is 5.32 Å². The van der Waals surface area contributed by atoms with Crippen LogP contribution in [0.3, 0.4) is 0 Å². The number of carbonyl (C=O) groups excluding carboxylic acids is 1. The largest absolute Gasteiger partial charge is 0.441 e. The summed E-state index contributed by atoms with van der Waals surface area (Å²) in [5.74, 6) is 3.83. The minimum Gasteiger partial charge on any atom is -0.441 e. The highest BCUT2D eigenvalue weighted by Crippen LogP contribution is 2.33. The van der Waals surface area contributed by atoms with Crippen molar-refractivity contribution in [1.82, 2.24) is 20.1 Å². The molecule has 0 spiro atoms. The maximum absolute atomic E-state index is 12.8. The number of hydrogen-bond donors (Lipinski definition) is 1. The fourth-order valence-electron chi connectivity index (χ4n) is 6.31. The Morgan fingerprint density at radius 2 is 1.69 bits per heavy atom. The van der Waals surface area contributed by atoms with Crippen molar-refractivity contribution in [2.45, 2.75) is 65.3 Å². The molecule has 35 heavy (non-hydrogen) atoms. The van der Waals surface area contributed by atoms with Gasteiger partial charge < -0.3 is 14.6 Å². The summed E-state index contributed by atoms with van der Waals surface area (Å²) in [5, 5.41) is 3.23. The first-order chi connectivity index (χ1) is 17.0. The Bertz CT molecular complexity index is 972. The van der Waals surface area contributed by atoms with Crippen LogP contribution in [0.15, 0.2) is 28.7 Å². The monoisotopic (exact) mass is 478 g/mol. The summed E-state index contributed by atoms with van der Waals surface area (Å²) in [4.78, 5) is 22.6. The van der Waals surface area contributed by atoms with Gasteiger partial charge in [0.25, 0.3) is 0 Å². The smallest absolute Gasteiger partial charge is 0.226 e. The van der Waals surface area contributed by atoms with Gasteiger partial charge in [0.2, 0.25) is 11.8 Å². The molecule has 6 nitrogen and oxygen atoms in total. The summed E-state index contributed by atoms with van der Waals surface area (Å²) >= 11 is 0. The van der Waals surface area contributed by atoms with Crippen LogP contribution in [0.1, 0.15) is 62.0 Å². The normalized spacial score (nSPS) is 23.9. The van der Waals surface area contributed by atoms with E-state index < -0.39 is 0 Å². The number of fused-ring (bicyclic) bond motifs is 4. The van der Waals surface area contributed by atoms with E-state index in [0.29, 0.717) is 5.89 Å². The summed E-state index contributed by atoms with van der Waals surface area (Å²) in [7, 11) is 0. The van der Waals surface area contributed by atoms with E-state index in [0.717, 1.165) is 80.8 Å². The zero-order valence-corrected chi connectivity index (χ0v) is 21.6. The first-order valence-corrected chi connectivity index (χ1v) is 13.8. The molecule has 1 N–H and O–H groups in total. The third kappa shape index (κ3) is 6.15. The number of likely N-dealkylation sites (tertiary alicyclic amines) is 1. The number of carbonyl (C=O) groups is 1.